The van der Waals surface area contributed by atoms with E-state index in [-0.39, 0.29) is 12.6 Å². The minimum Gasteiger partial charge on any atom is -0.394 e. The number of nitrogens with zero attached hydrogens (tertiary/aromatic N) is 2. The summed E-state index contributed by atoms with van der Waals surface area (Å²) >= 11 is 6.05. The molecule has 4 nitrogen and oxygen atoms in total. The first-order valence-electron chi connectivity index (χ1n) is 4.88. The lowest BCUT2D eigenvalue weighted by atomic mass is 10.2. The zero-order valence-corrected chi connectivity index (χ0v) is 9.02. The van der Waals surface area contributed by atoms with Crippen molar-refractivity contribution in [2.75, 3.05) is 31.3 Å². The highest BCUT2D eigenvalue weighted by atomic mass is 35.5. The first kappa shape index (κ1) is 10.7. The molecular formula is C10H13ClN2O2. The Bertz CT molecular complexity index is 335. The van der Waals surface area contributed by atoms with Gasteiger partial charge in [0.15, 0.2) is 0 Å². The van der Waals surface area contributed by atoms with Crippen LogP contribution in [0.15, 0.2) is 18.3 Å². The second-order valence-electron chi connectivity index (χ2n) is 3.41. The topological polar surface area (TPSA) is 45.6 Å². The van der Waals surface area contributed by atoms with Crippen molar-refractivity contribution in [3.63, 3.8) is 0 Å². The van der Waals surface area contributed by atoms with Crippen molar-refractivity contribution in [1.29, 1.82) is 0 Å². The lowest BCUT2D eigenvalue weighted by Gasteiger charge is -2.35. The summed E-state index contributed by atoms with van der Waals surface area (Å²) in [7, 11) is 0. The van der Waals surface area contributed by atoms with Gasteiger partial charge >= 0.3 is 0 Å². The van der Waals surface area contributed by atoms with Crippen LogP contribution in [-0.2, 0) is 4.74 Å². The molecule has 0 spiro atoms. The number of anilines is 1. The number of ether oxygens (including phenoxy) is 1. The number of hydrogen-bond donors (Lipinski definition) is 1. The fourth-order valence-electron chi connectivity index (χ4n) is 1.67. The quantitative estimate of drug-likeness (QED) is 0.818. The summed E-state index contributed by atoms with van der Waals surface area (Å²) in [6.07, 6.45) is 1.70. The molecule has 0 aromatic carbocycles. The molecule has 1 aliphatic heterocycles. The first-order chi connectivity index (χ1) is 7.33. The molecule has 1 saturated heterocycles. The third kappa shape index (κ3) is 2.22. The van der Waals surface area contributed by atoms with Crippen molar-refractivity contribution >= 4 is 17.4 Å². The average molecular weight is 229 g/mol. The van der Waals surface area contributed by atoms with Gasteiger partial charge in [-0.3, -0.25) is 0 Å². The van der Waals surface area contributed by atoms with Crippen LogP contribution in [0, 0.1) is 0 Å². The minimum atomic E-state index is -0.0499. The van der Waals surface area contributed by atoms with Crippen molar-refractivity contribution in [1.82, 2.24) is 4.98 Å². The zero-order valence-electron chi connectivity index (χ0n) is 8.27. The molecular weight excluding hydrogens is 216 g/mol. The molecule has 1 aromatic rings. The fraction of sp³-hybridized carbons (Fsp3) is 0.500. The molecule has 1 unspecified atom stereocenters. The van der Waals surface area contributed by atoms with Gasteiger partial charge in [0, 0.05) is 12.7 Å². The Hall–Kier alpha value is -0.840. The molecule has 82 valence electrons. The molecule has 5 heteroatoms. The van der Waals surface area contributed by atoms with E-state index in [1.54, 1.807) is 18.3 Å². The van der Waals surface area contributed by atoms with E-state index in [4.69, 9.17) is 16.3 Å². The zero-order chi connectivity index (χ0) is 10.7. The second kappa shape index (κ2) is 4.79. The molecule has 2 heterocycles. The van der Waals surface area contributed by atoms with Crippen LogP contribution in [0.25, 0.3) is 0 Å². The fourth-order valence-corrected chi connectivity index (χ4v) is 1.90. The summed E-state index contributed by atoms with van der Waals surface area (Å²) in [5, 5.41) is 9.83. The lowest BCUT2D eigenvalue weighted by Crippen LogP contribution is -2.48. The van der Waals surface area contributed by atoms with Crippen LogP contribution in [0.3, 0.4) is 0 Å². The number of aliphatic hydroxyl groups excluding tert-OH is 1. The third-order valence-electron chi connectivity index (χ3n) is 2.45. The maximum absolute atomic E-state index is 9.22. The van der Waals surface area contributed by atoms with Crippen molar-refractivity contribution in [2.24, 2.45) is 0 Å². The predicted molar refractivity (Wildman–Crippen MR) is 58.3 cm³/mol. The van der Waals surface area contributed by atoms with Gasteiger partial charge in [0.05, 0.1) is 30.9 Å². The monoisotopic (exact) mass is 228 g/mol. The maximum atomic E-state index is 9.22. The number of rotatable bonds is 2. The molecule has 15 heavy (non-hydrogen) atoms. The van der Waals surface area contributed by atoms with Crippen molar-refractivity contribution < 1.29 is 9.84 Å². The molecule has 0 saturated carbocycles. The number of hydrogen-bond acceptors (Lipinski definition) is 4. The highest BCUT2D eigenvalue weighted by Crippen LogP contribution is 2.25. The maximum Gasteiger partial charge on any atom is 0.147 e. The van der Waals surface area contributed by atoms with Gasteiger partial charge in [0.1, 0.15) is 5.82 Å². The van der Waals surface area contributed by atoms with Crippen LogP contribution >= 0.6 is 11.6 Å². The van der Waals surface area contributed by atoms with E-state index in [0.717, 1.165) is 5.82 Å². The first-order valence-corrected chi connectivity index (χ1v) is 5.26. The number of morpholine rings is 1. The highest BCUT2D eigenvalue weighted by Gasteiger charge is 2.24. The lowest BCUT2D eigenvalue weighted by molar-refractivity contribution is 0.0723. The Morgan fingerprint density at radius 2 is 2.53 bits per heavy atom. The van der Waals surface area contributed by atoms with Crippen LogP contribution < -0.4 is 4.90 Å². The van der Waals surface area contributed by atoms with Gasteiger partial charge in [0.25, 0.3) is 0 Å². The van der Waals surface area contributed by atoms with Gasteiger partial charge in [-0.2, -0.15) is 0 Å². The van der Waals surface area contributed by atoms with Crippen molar-refractivity contribution in [3.05, 3.63) is 23.4 Å². The second-order valence-corrected chi connectivity index (χ2v) is 3.82. The highest BCUT2D eigenvalue weighted by molar-refractivity contribution is 6.32. The number of pyridine rings is 1. The van der Waals surface area contributed by atoms with E-state index in [2.05, 4.69) is 4.98 Å². The van der Waals surface area contributed by atoms with Crippen LogP contribution in [0.1, 0.15) is 0 Å². The van der Waals surface area contributed by atoms with Crippen molar-refractivity contribution in [2.45, 2.75) is 6.04 Å². The van der Waals surface area contributed by atoms with Gasteiger partial charge in [-0.1, -0.05) is 11.6 Å². The van der Waals surface area contributed by atoms with Gasteiger partial charge in [0.2, 0.25) is 0 Å². The largest absolute Gasteiger partial charge is 0.394 e. The standard InChI is InChI=1S/C10H13ClN2O2/c11-9-2-1-3-12-10(9)13-4-5-15-7-8(13)6-14/h1-3,8,14H,4-7H2. The Morgan fingerprint density at radius 1 is 1.67 bits per heavy atom. The summed E-state index contributed by atoms with van der Waals surface area (Å²) in [4.78, 5) is 6.22. The number of halogens is 1. The van der Waals surface area contributed by atoms with E-state index >= 15 is 0 Å². The van der Waals surface area contributed by atoms with Gasteiger partial charge in [-0.05, 0) is 12.1 Å². The van der Waals surface area contributed by atoms with Crippen LogP contribution in [0.5, 0.6) is 0 Å². The Labute approximate surface area is 93.4 Å². The Kier molecular flexibility index (Phi) is 3.41. The molecule has 1 atom stereocenters. The van der Waals surface area contributed by atoms with E-state index in [9.17, 15) is 5.11 Å². The molecule has 1 aromatic heterocycles. The molecule has 0 aliphatic carbocycles. The smallest absolute Gasteiger partial charge is 0.147 e. The van der Waals surface area contributed by atoms with Crippen LogP contribution in [0.4, 0.5) is 5.82 Å². The molecule has 2 rings (SSSR count). The normalized spacial score (nSPS) is 21.7. The van der Waals surface area contributed by atoms with E-state index in [1.165, 1.54) is 0 Å². The van der Waals surface area contributed by atoms with Crippen LogP contribution in [0.2, 0.25) is 5.02 Å². The van der Waals surface area contributed by atoms with Crippen molar-refractivity contribution in [3.8, 4) is 0 Å². The van der Waals surface area contributed by atoms with Crippen LogP contribution in [-0.4, -0.2) is 42.5 Å². The third-order valence-corrected chi connectivity index (χ3v) is 2.74. The summed E-state index contributed by atoms with van der Waals surface area (Å²) in [6.45, 7) is 1.92. The molecule has 1 fully saturated rings. The van der Waals surface area contributed by atoms with E-state index in [0.29, 0.717) is 24.8 Å². The Balaban J connectivity index is 2.24. The predicted octanol–water partition coefficient (Wildman–Crippen LogP) is 0.932. The van der Waals surface area contributed by atoms with E-state index < -0.39 is 0 Å². The molecule has 0 bridgehead atoms. The number of aliphatic hydroxyl groups is 1. The van der Waals surface area contributed by atoms with Gasteiger partial charge < -0.3 is 14.7 Å². The van der Waals surface area contributed by atoms with E-state index in [1.807, 2.05) is 4.90 Å². The Morgan fingerprint density at radius 3 is 3.27 bits per heavy atom. The SMILES string of the molecule is OCC1COCCN1c1ncccc1Cl. The summed E-state index contributed by atoms with van der Waals surface area (Å²) in [6, 6.07) is 3.54. The van der Waals surface area contributed by atoms with Gasteiger partial charge in [-0.15, -0.1) is 0 Å². The van der Waals surface area contributed by atoms with Gasteiger partial charge in [-0.25, -0.2) is 4.98 Å². The molecule has 0 amide bonds. The molecule has 0 radical (unpaired) electrons. The summed E-state index contributed by atoms with van der Waals surface area (Å²) < 4.78 is 5.29. The average Bonchev–Trinajstić information content (AvgIpc) is 2.30. The summed E-state index contributed by atoms with van der Waals surface area (Å²) in [5.41, 5.74) is 0. The summed E-state index contributed by atoms with van der Waals surface area (Å²) in [5.74, 6) is 0.724. The minimum absolute atomic E-state index is 0.0485. The molecule has 1 N–H and O–H groups in total. The molecule has 1 aliphatic rings. The number of aromatic nitrogens is 1.